The van der Waals surface area contributed by atoms with E-state index in [0.29, 0.717) is 5.56 Å². The smallest absolute Gasteiger partial charge is 0.416 e. The molecule has 28 heavy (non-hydrogen) atoms. The average molecular weight is 386 g/mol. The van der Waals surface area contributed by atoms with Crippen molar-refractivity contribution in [2.24, 2.45) is 0 Å². The fourth-order valence-corrected chi connectivity index (χ4v) is 3.04. The van der Waals surface area contributed by atoms with Crippen LogP contribution in [0.25, 0.3) is 11.1 Å². The SMILES string of the molecule is O=C(O)C(c1ccc(-c2ccccc2)cc1)C(O)c1ccc(C(F)(F)F)cc1. The fourth-order valence-electron chi connectivity index (χ4n) is 3.04. The molecule has 0 aliphatic heterocycles. The zero-order valence-electron chi connectivity index (χ0n) is 14.6. The lowest BCUT2D eigenvalue weighted by Crippen LogP contribution is -2.20. The normalized spacial score (nSPS) is 13.7. The predicted molar refractivity (Wildman–Crippen MR) is 98.7 cm³/mol. The molecule has 3 aromatic rings. The van der Waals surface area contributed by atoms with E-state index in [1.165, 1.54) is 0 Å². The molecular formula is C22H17F3O3. The maximum absolute atomic E-state index is 12.7. The molecule has 0 amide bonds. The van der Waals surface area contributed by atoms with Gasteiger partial charge < -0.3 is 10.2 Å². The van der Waals surface area contributed by atoms with Crippen LogP contribution >= 0.6 is 0 Å². The van der Waals surface area contributed by atoms with Crippen LogP contribution in [0.15, 0.2) is 78.9 Å². The quantitative estimate of drug-likeness (QED) is 0.628. The number of aliphatic carboxylic acids is 1. The van der Waals surface area contributed by atoms with E-state index in [0.717, 1.165) is 35.4 Å². The molecule has 6 heteroatoms. The summed E-state index contributed by atoms with van der Waals surface area (Å²) in [5.41, 5.74) is 1.45. The third kappa shape index (κ3) is 4.23. The summed E-state index contributed by atoms with van der Waals surface area (Å²) in [6, 6.07) is 20.1. The Morgan fingerprint density at radius 3 is 1.75 bits per heavy atom. The van der Waals surface area contributed by atoms with Gasteiger partial charge >= 0.3 is 12.1 Å². The van der Waals surface area contributed by atoms with Crippen molar-refractivity contribution in [2.75, 3.05) is 0 Å². The first-order valence-corrected chi connectivity index (χ1v) is 8.51. The van der Waals surface area contributed by atoms with Crippen LogP contribution in [0, 0.1) is 0 Å². The number of halogens is 3. The second-order valence-corrected chi connectivity index (χ2v) is 6.37. The van der Waals surface area contributed by atoms with Crippen molar-refractivity contribution in [1.29, 1.82) is 0 Å². The number of carboxylic acid groups (broad SMARTS) is 1. The number of hydrogen-bond acceptors (Lipinski definition) is 2. The van der Waals surface area contributed by atoms with Crippen LogP contribution in [0.1, 0.15) is 28.7 Å². The van der Waals surface area contributed by atoms with Crippen molar-refractivity contribution in [2.45, 2.75) is 18.2 Å². The molecule has 0 aliphatic rings. The molecule has 0 radical (unpaired) electrons. The van der Waals surface area contributed by atoms with Crippen molar-refractivity contribution < 1.29 is 28.2 Å². The largest absolute Gasteiger partial charge is 0.481 e. The molecule has 2 atom stereocenters. The van der Waals surface area contributed by atoms with Gasteiger partial charge in [0.1, 0.15) is 5.92 Å². The highest BCUT2D eigenvalue weighted by Crippen LogP contribution is 2.35. The average Bonchev–Trinajstić information content (AvgIpc) is 2.68. The predicted octanol–water partition coefficient (Wildman–Crippen LogP) is 5.27. The van der Waals surface area contributed by atoms with Crippen LogP contribution in [-0.2, 0) is 11.0 Å². The minimum atomic E-state index is -4.50. The van der Waals surface area contributed by atoms with E-state index in [1.807, 2.05) is 30.3 Å². The summed E-state index contributed by atoms with van der Waals surface area (Å²) in [5, 5.41) is 20.1. The molecule has 0 saturated heterocycles. The van der Waals surface area contributed by atoms with Crippen molar-refractivity contribution in [3.63, 3.8) is 0 Å². The maximum atomic E-state index is 12.7. The van der Waals surface area contributed by atoms with Gasteiger partial charge in [-0.1, -0.05) is 66.7 Å². The van der Waals surface area contributed by atoms with Gasteiger partial charge in [-0.15, -0.1) is 0 Å². The first-order chi connectivity index (χ1) is 13.3. The molecule has 0 heterocycles. The zero-order chi connectivity index (χ0) is 20.3. The number of carboxylic acids is 1. The summed E-state index contributed by atoms with van der Waals surface area (Å²) in [6.07, 6.45) is -5.98. The van der Waals surface area contributed by atoms with Gasteiger partial charge in [-0.3, -0.25) is 4.79 Å². The molecule has 0 fully saturated rings. The lowest BCUT2D eigenvalue weighted by Gasteiger charge is -2.21. The third-order valence-electron chi connectivity index (χ3n) is 4.54. The van der Waals surface area contributed by atoms with Crippen molar-refractivity contribution >= 4 is 5.97 Å². The first kappa shape index (κ1) is 19.6. The van der Waals surface area contributed by atoms with Crippen molar-refractivity contribution in [1.82, 2.24) is 0 Å². The Morgan fingerprint density at radius 2 is 1.25 bits per heavy atom. The van der Waals surface area contributed by atoms with Crippen LogP contribution in [0.5, 0.6) is 0 Å². The number of aliphatic hydroxyl groups is 1. The molecule has 3 nitrogen and oxygen atoms in total. The Kier molecular flexibility index (Phi) is 5.51. The van der Waals surface area contributed by atoms with E-state index in [9.17, 15) is 28.2 Å². The van der Waals surface area contributed by atoms with Gasteiger partial charge in [0, 0.05) is 0 Å². The Balaban J connectivity index is 1.88. The van der Waals surface area contributed by atoms with Crippen LogP contribution in [0.2, 0.25) is 0 Å². The minimum Gasteiger partial charge on any atom is -0.481 e. The summed E-state index contributed by atoms with van der Waals surface area (Å²) in [6.45, 7) is 0. The summed E-state index contributed by atoms with van der Waals surface area (Å²) < 4.78 is 38.1. The standard InChI is InChI=1S/C22H17F3O3/c23-22(24,25)18-12-10-17(11-13-18)20(26)19(21(27)28)16-8-6-15(7-9-16)14-4-2-1-3-5-14/h1-13,19-20,26H,(H,27,28). The molecule has 144 valence electrons. The second-order valence-electron chi connectivity index (χ2n) is 6.37. The molecule has 3 rings (SSSR count). The number of rotatable bonds is 5. The molecule has 0 spiro atoms. The van der Waals surface area contributed by atoms with Gasteiger partial charge in [0.15, 0.2) is 0 Å². The maximum Gasteiger partial charge on any atom is 0.416 e. The van der Waals surface area contributed by atoms with E-state index >= 15 is 0 Å². The topological polar surface area (TPSA) is 57.5 Å². The van der Waals surface area contributed by atoms with E-state index in [2.05, 4.69) is 0 Å². The molecule has 0 aromatic heterocycles. The number of carbonyl (C=O) groups is 1. The summed E-state index contributed by atoms with van der Waals surface area (Å²) in [4.78, 5) is 11.8. The van der Waals surface area contributed by atoms with Crippen LogP contribution < -0.4 is 0 Å². The van der Waals surface area contributed by atoms with Gasteiger partial charge in [-0.2, -0.15) is 13.2 Å². The first-order valence-electron chi connectivity index (χ1n) is 8.51. The highest BCUT2D eigenvalue weighted by molar-refractivity contribution is 5.78. The summed E-state index contributed by atoms with van der Waals surface area (Å²) in [5.74, 6) is -2.57. The van der Waals surface area contributed by atoms with E-state index in [1.54, 1.807) is 24.3 Å². The van der Waals surface area contributed by atoms with Crippen LogP contribution in [0.3, 0.4) is 0 Å². The van der Waals surface area contributed by atoms with E-state index in [-0.39, 0.29) is 5.56 Å². The van der Waals surface area contributed by atoms with Crippen LogP contribution in [-0.4, -0.2) is 16.2 Å². The summed E-state index contributed by atoms with van der Waals surface area (Å²) in [7, 11) is 0. The van der Waals surface area contributed by atoms with Crippen molar-refractivity contribution in [3.8, 4) is 11.1 Å². The van der Waals surface area contributed by atoms with E-state index < -0.39 is 29.7 Å². The fraction of sp³-hybridized carbons (Fsp3) is 0.136. The molecule has 0 bridgehead atoms. The molecule has 3 aromatic carbocycles. The number of alkyl halides is 3. The molecule has 0 saturated carbocycles. The summed E-state index contributed by atoms with van der Waals surface area (Å²) >= 11 is 0. The van der Waals surface area contributed by atoms with Crippen molar-refractivity contribution in [3.05, 3.63) is 95.6 Å². The Hall–Kier alpha value is -3.12. The molecular weight excluding hydrogens is 369 g/mol. The Bertz CT molecular complexity index is 934. The number of aliphatic hydroxyl groups excluding tert-OH is 1. The highest BCUT2D eigenvalue weighted by Gasteiger charge is 2.32. The Morgan fingerprint density at radius 1 is 0.750 bits per heavy atom. The Labute approximate surface area is 159 Å². The molecule has 2 N–H and O–H groups in total. The second kappa shape index (κ2) is 7.86. The van der Waals surface area contributed by atoms with Gasteiger partial charge in [-0.05, 0) is 34.4 Å². The monoisotopic (exact) mass is 386 g/mol. The zero-order valence-corrected chi connectivity index (χ0v) is 14.6. The third-order valence-corrected chi connectivity index (χ3v) is 4.54. The number of benzene rings is 3. The lowest BCUT2D eigenvalue weighted by atomic mass is 9.88. The van der Waals surface area contributed by atoms with Gasteiger partial charge in [0.2, 0.25) is 0 Å². The highest BCUT2D eigenvalue weighted by atomic mass is 19.4. The van der Waals surface area contributed by atoms with E-state index in [4.69, 9.17) is 0 Å². The molecule has 0 aliphatic carbocycles. The van der Waals surface area contributed by atoms with Crippen LogP contribution in [0.4, 0.5) is 13.2 Å². The van der Waals surface area contributed by atoms with Gasteiger partial charge in [-0.25, -0.2) is 0 Å². The van der Waals surface area contributed by atoms with Gasteiger partial charge in [0.25, 0.3) is 0 Å². The number of hydrogen-bond donors (Lipinski definition) is 2. The minimum absolute atomic E-state index is 0.104. The van der Waals surface area contributed by atoms with Gasteiger partial charge in [0.05, 0.1) is 11.7 Å². The lowest BCUT2D eigenvalue weighted by molar-refractivity contribution is -0.142. The molecule has 2 unspecified atom stereocenters.